The minimum atomic E-state index is -0.181. The van der Waals surface area contributed by atoms with Crippen LogP contribution in [-0.2, 0) is 0 Å². The Balaban J connectivity index is 2.40. The smallest absolute Gasteiger partial charge is 0.0193 e. The molecular weight excluding hydrogens is 223 g/mol. The summed E-state index contributed by atoms with van der Waals surface area (Å²) in [6.07, 6.45) is 1.21. The third-order valence-corrected chi connectivity index (χ3v) is 5.38. The molecule has 17 heavy (non-hydrogen) atoms. The van der Waals surface area contributed by atoms with Crippen molar-refractivity contribution in [3.05, 3.63) is 59.7 Å². The van der Waals surface area contributed by atoms with E-state index in [1.54, 1.807) is 0 Å². The maximum atomic E-state index is 2.33. The lowest BCUT2D eigenvalue weighted by molar-refractivity contribution is 1.47. The number of benzene rings is 2. The molecular formula is C16H19P. The molecule has 0 fully saturated rings. The van der Waals surface area contributed by atoms with Crippen molar-refractivity contribution in [1.82, 2.24) is 0 Å². The molecule has 0 unspecified atom stereocenters. The van der Waals surface area contributed by atoms with Gasteiger partial charge in [-0.3, -0.25) is 0 Å². The van der Waals surface area contributed by atoms with Crippen molar-refractivity contribution in [2.75, 3.05) is 6.16 Å². The number of rotatable bonds is 3. The van der Waals surface area contributed by atoms with Crippen LogP contribution in [0, 0.1) is 13.8 Å². The topological polar surface area (TPSA) is 0 Å². The van der Waals surface area contributed by atoms with Crippen LogP contribution in [-0.4, -0.2) is 6.16 Å². The van der Waals surface area contributed by atoms with E-state index in [9.17, 15) is 0 Å². The second-order valence-corrected chi connectivity index (χ2v) is 6.94. The summed E-state index contributed by atoms with van der Waals surface area (Å²) in [5, 5.41) is 2.99. The van der Waals surface area contributed by atoms with E-state index in [1.165, 1.54) is 27.9 Å². The fraction of sp³-hybridized carbons (Fsp3) is 0.250. The first kappa shape index (κ1) is 12.3. The molecule has 0 saturated heterocycles. The van der Waals surface area contributed by atoms with Crippen molar-refractivity contribution < 1.29 is 0 Å². The Hall–Kier alpha value is -1.13. The lowest BCUT2D eigenvalue weighted by atomic mass is 10.2. The highest BCUT2D eigenvalue weighted by molar-refractivity contribution is 7.72. The Labute approximate surface area is 105 Å². The molecule has 0 nitrogen and oxygen atoms in total. The third-order valence-electron chi connectivity index (χ3n) is 2.94. The van der Waals surface area contributed by atoms with Crippen molar-refractivity contribution in [2.45, 2.75) is 20.8 Å². The zero-order chi connectivity index (χ0) is 12.3. The first-order valence-corrected chi connectivity index (χ1v) is 7.64. The normalized spacial score (nSPS) is 10.8. The van der Waals surface area contributed by atoms with E-state index in [1.807, 2.05) is 0 Å². The van der Waals surface area contributed by atoms with E-state index in [2.05, 4.69) is 69.3 Å². The highest BCUT2D eigenvalue weighted by Crippen LogP contribution is 2.33. The van der Waals surface area contributed by atoms with Crippen molar-refractivity contribution in [1.29, 1.82) is 0 Å². The molecule has 88 valence electrons. The zero-order valence-electron chi connectivity index (χ0n) is 10.8. The van der Waals surface area contributed by atoms with Gasteiger partial charge in [-0.05, 0) is 38.5 Å². The van der Waals surface area contributed by atoms with Gasteiger partial charge in [-0.2, -0.15) is 0 Å². The van der Waals surface area contributed by atoms with Gasteiger partial charge in [0.05, 0.1) is 0 Å². The molecule has 0 aliphatic heterocycles. The molecule has 0 aliphatic rings. The summed E-state index contributed by atoms with van der Waals surface area (Å²) in [5.74, 6) is 0. The Bertz CT molecular complexity index is 457. The monoisotopic (exact) mass is 242 g/mol. The quantitative estimate of drug-likeness (QED) is 0.719. The second-order valence-electron chi connectivity index (χ2n) is 4.42. The fourth-order valence-corrected chi connectivity index (χ4v) is 4.39. The maximum absolute atomic E-state index is 2.33. The largest absolute Gasteiger partial charge is 0.0614 e. The van der Waals surface area contributed by atoms with Gasteiger partial charge in [-0.25, -0.2) is 0 Å². The van der Waals surface area contributed by atoms with Crippen molar-refractivity contribution in [2.24, 2.45) is 0 Å². The third kappa shape index (κ3) is 2.96. The van der Waals surface area contributed by atoms with Crippen LogP contribution in [0.3, 0.4) is 0 Å². The molecule has 0 aliphatic carbocycles. The zero-order valence-corrected chi connectivity index (χ0v) is 11.7. The summed E-state index contributed by atoms with van der Waals surface area (Å²) in [5.41, 5.74) is 2.72. The first-order chi connectivity index (χ1) is 8.20. The summed E-state index contributed by atoms with van der Waals surface area (Å²) in [6.45, 7) is 6.63. The summed E-state index contributed by atoms with van der Waals surface area (Å²) in [7, 11) is -0.181. The van der Waals surface area contributed by atoms with Gasteiger partial charge in [0.2, 0.25) is 0 Å². The minimum Gasteiger partial charge on any atom is -0.0614 e. The lowest BCUT2D eigenvalue weighted by Crippen LogP contribution is -2.13. The van der Waals surface area contributed by atoms with Crippen LogP contribution in [0.1, 0.15) is 18.1 Å². The molecule has 0 atom stereocenters. The molecule has 0 saturated carbocycles. The molecule has 0 bridgehead atoms. The Morgan fingerprint density at radius 1 is 0.824 bits per heavy atom. The average molecular weight is 242 g/mol. The summed E-state index contributed by atoms with van der Waals surface area (Å²) in [4.78, 5) is 0. The van der Waals surface area contributed by atoms with Gasteiger partial charge in [-0.15, -0.1) is 0 Å². The van der Waals surface area contributed by atoms with Crippen molar-refractivity contribution in [3.63, 3.8) is 0 Å². The Morgan fingerprint density at radius 2 is 1.29 bits per heavy atom. The standard InChI is InChI=1S/C16H19P/c1-4-17(15-9-5-7-13(2)11-15)16-10-6-8-14(3)12-16/h5-12H,4H2,1-3H3. The van der Waals surface area contributed by atoms with Gasteiger partial charge in [0.15, 0.2) is 0 Å². The number of hydrogen-bond acceptors (Lipinski definition) is 0. The van der Waals surface area contributed by atoms with Gasteiger partial charge in [0.25, 0.3) is 0 Å². The van der Waals surface area contributed by atoms with E-state index in [0.29, 0.717) is 0 Å². The van der Waals surface area contributed by atoms with Crippen LogP contribution in [0.5, 0.6) is 0 Å². The van der Waals surface area contributed by atoms with Crippen LogP contribution >= 0.6 is 7.92 Å². The van der Waals surface area contributed by atoms with Gasteiger partial charge >= 0.3 is 0 Å². The van der Waals surface area contributed by atoms with E-state index in [-0.39, 0.29) is 7.92 Å². The van der Waals surface area contributed by atoms with Crippen molar-refractivity contribution in [3.8, 4) is 0 Å². The van der Waals surface area contributed by atoms with Gasteiger partial charge < -0.3 is 0 Å². The summed E-state index contributed by atoms with van der Waals surface area (Å²) < 4.78 is 0. The summed E-state index contributed by atoms with van der Waals surface area (Å²) >= 11 is 0. The van der Waals surface area contributed by atoms with E-state index < -0.39 is 0 Å². The summed E-state index contributed by atoms with van der Waals surface area (Å²) in [6, 6.07) is 17.9. The first-order valence-electron chi connectivity index (χ1n) is 6.11. The lowest BCUT2D eigenvalue weighted by Gasteiger charge is -2.17. The minimum absolute atomic E-state index is 0.181. The van der Waals surface area contributed by atoms with Crippen LogP contribution in [0.4, 0.5) is 0 Å². The Kier molecular flexibility index (Phi) is 3.97. The molecule has 1 heteroatoms. The molecule has 0 spiro atoms. The van der Waals surface area contributed by atoms with E-state index >= 15 is 0 Å². The van der Waals surface area contributed by atoms with Crippen LogP contribution in [0.2, 0.25) is 0 Å². The predicted octanol–water partition coefficient (Wildman–Crippen LogP) is 3.76. The van der Waals surface area contributed by atoms with E-state index in [4.69, 9.17) is 0 Å². The number of hydrogen-bond donors (Lipinski definition) is 0. The fourth-order valence-electron chi connectivity index (χ4n) is 2.11. The molecule has 2 aromatic rings. The average Bonchev–Trinajstić information content (AvgIpc) is 2.30. The second kappa shape index (κ2) is 5.47. The van der Waals surface area contributed by atoms with Crippen LogP contribution in [0.25, 0.3) is 0 Å². The SMILES string of the molecule is CCP(c1cccc(C)c1)c1cccc(C)c1. The van der Waals surface area contributed by atoms with Gasteiger partial charge in [-0.1, -0.05) is 66.6 Å². The van der Waals surface area contributed by atoms with E-state index in [0.717, 1.165) is 0 Å². The number of aryl methyl sites for hydroxylation is 2. The molecule has 2 aromatic carbocycles. The maximum Gasteiger partial charge on any atom is -0.0193 e. The molecule has 2 rings (SSSR count). The van der Waals surface area contributed by atoms with Crippen LogP contribution < -0.4 is 10.6 Å². The van der Waals surface area contributed by atoms with Gasteiger partial charge in [0, 0.05) is 0 Å². The molecule has 0 radical (unpaired) electrons. The van der Waals surface area contributed by atoms with Crippen LogP contribution in [0.15, 0.2) is 48.5 Å². The Morgan fingerprint density at radius 3 is 1.65 bits per heavy atom. The van der Waals surface area contributed by atoms with Gasteiger partial charge in [0.1, 0.15) is 0 Å². The van der Waals surface area contributed by atoms with Crippen molar-refractivity contribution >= 4 is 18.5 Å². The molecule has 0 amide bonds. The molecule has 0 aromatic heterocycles. The highest BCUT2D eigenvalue weighted by atomic mass is 31.1. The predicted molar refractivity (Wildman–Crippen MR) is 79.1 cm³/mol. The molecule has 0 heterocycles. The highest BCUT2D eigenvalue weighted by Gasteiger charge is 2.11. The molecule has 0 N–H and O–H groups in total.